The van der Waals surface area contributed by atoms with Gasteiger partial charge in [-0.1, -0.05) is 24.3 Å². The van der Waals surface area contributed by atoms with E-state index in [-0.39, 0.29) is 29.3 Å². The molecule has 220 valence electrons. The summed E-state index contributed by atoms with van der Waals surface area (Å²) in [7, 11) is 5.20. The molecule has 2 fully saturated rings. The number of carbonyl (C=O) groups is 1. The van der Waals surface area contributed by atoms with Crippen LogP contribution in [-0.4, -0.2) is 68.5 Å². The van der Waals surface area contributed by atoms with Crippen LogP contribution in [0.5, 0.6) is 5.75 Å². The zero-order chi connectivity index (χ0) is 28.8. The SMILES string of the molecule is COCCCc1cc(CN(C(=O)[C@@H]2CNCC[C@H]2c2cc(=O)n(C)c3ccccc23)C2CC2)cc(OCCOC)c1. The van der Waals surface area contributed by atoms with E-state index < -0.39 is 0 Å². The van der Waals surface area contributed by atoms with E-state index in [1.807, 2.05) is 25.2 Å². The molecule has 2 atom stereocenters. The molecule has 8 heteroatoms. The summed E-state index contributed by atoms with van der Waals surface area (Å²) in [6.07, 6.45) is 4.66. The second-order valence-corrected chi connectivity index (χ2v) is 11.3. The number of methoxy groups -OCH3 is 2. The molecule has 1 amide bonds. The van der Waals surface area contributed by atoms with E-state index >= 15 is 0 Å². The first kappa shape index (κ1) is 29.3. The molecule has 2 aliphatic rings. The molecule has 8 nitrogen and oxygen atoms in total. The van der Waals surface area contributed by atoms with E-state index in [9.17, 15) is 9.59 Å². The molecule has 1 aliphatic carbocycles. The van der Waals surface area contributed by atoms with E-state index in [4.69, 9.17) is 14.2 Å². The summed E-state index contributed by atoms with van der Waals surface area (Å²) in [5.41, 5.74) is 4.12. The van der Waals surface area contributed by atoms with Crippen LogP contribution in [0.15, 0.2) is 53.3 Å². The van der Waals surface area contributed by atoms with Crippen molar-refractivity contribution in [2.45, 2.75) is 50.6 Å². The van der Waals surface area contributed by atoms with Crippen molar-refractivity contribution in [1.82, 2.24) is 14.8 Å². The van der Waals surface area contributed by atoms with Gasteiger partial charge in [-0.25, -0.2) is 0 Å². The van der Waals surface area contributed by atoms with Gasteiger partial charge in [0.25, 0.3) is 5.56 Å². The van der Waals surface area contributed by atoms with Crippen LogP contribution < -0.4 is 15.6 Å². The van der Waals surface area contributed by atoms with Crippen molar-refractivity contribution in [3.05, 3.63) is 75.6 Å². The topological polar surface area (TPSA) is 82.0 Å². The van der Waals surface area contributed by atoms with E-state index in [0.717, 1.165) is 66.4 Å². The number of aryl methyl sites for hydroxylation is 2. The molecule has 2 aromatic carbocycles. The second kappa shape index (κ2) is 13.6. The van der Waals surface area contributed by atoms with Crippen molar-refractivity contribution in [3.8, 4) is 5.75 Å². The first-order valence-corrected chi connectivity index (χ1v) is 14.8. The van der Waals surface area contributed by atoms with Crippen molar-refractivity contribution < 1.29 is 19.0 Å². The minimum Gasteiger partial charge on any atom is -0.491 e. The standard InChI is InChI=1S/C33H43N3O5/c1-35-31-9-5-4-8-28(31)29(20-32(35)37)27-12-13-34-21-30(27)33(38)36(25-10-11-25)22-24-17-23(7-6-14-39-2)18-26(19-24)41-16-15-40-3/h4-5,8-9,17-20,25,27,30,34H,6-7,10-16,21-22H2,1-3H3/t27-,30+/m0/s1. The summed E-state index contributed by atoms with van der Waals surface area (Å²) in [5, 5.41) is 4.52. The molecule has 3 aromatic rings. The van der Waals surface area contributed by atoms with E-state index in [1.165, 1.54) is 5.56 Å². The maximum absolute atomic E-state index is 14.4. The predicted molar refractivity (Wildman–Crippen MR) is 160 cm³/mol. The van der Waals surface area contributed by atoms with Crippen LogP contribution >= 0.6 is 0 Å². The van der Waals surface area contributed by atoms with Gasteiger partial charge in [0.15, 0.2) is 0 Å². The lowest BCUT2D eigenvalue weighted by Gasteiger charge is -2.36. The predicted octanol–water partition coefficient (Wildman–Crippen LogP) is 4.03. The Morgan fingerprint density at radius 2 is 1.78 bits per heavy atom. The number of piperidine rings is 1. The van der Waals surface area contributed by atoms with Gasteiger partial charge < -0.3 is 29.0 Å². The molecule has 0 unspecified atom stereocenters. The molecular weight excluding hydrogens is 518 g/mol. The number of ether oxygens (including phenoxy) is 3. The fourth-order valence-corrected chi connectivity index (χ4v) is 6.13. The van der Waals surface area contributed by atoms with Crippen LogP contribution in [0.25, 0.3) is 10.9 Å². The number of amides is 1. The summed E-state index contributed by atoms with van der Waals surface area (Å²) in [5.74, 6) is 0.722. The third-order valence-corrected chi connectivity index (χ3v) is 8.40. The Morgan fingerprint density at radius 1 is 1.00 bits per heavy atom. The molecule has 0 radical (unpaired) electrons. The highest BCUT2D eigenvalue weighted by molar-refractivity contribution is 5.86. The van der Waals surface area contributed by atoms with Gasteiger partial charge in [-0.2, -0.15) is 0 Å². The number of hydrogen-bond acceptors (Lipinski definition) is 6. The fraction of sp³-hybridized carbons (Fsp3) is 0.515. The van der Waals surface area contributed by atoms with E-state index in [0.29, 0.717) is 32.9 Å². The molecule has 1 aromatic heterocycles. The Bertz CT molecular complexity index is 1370. The van der Waals surface area contributed by atoms with Crippen molar-refractivity contribution in [3.63, 3.8) is 0 Å². The third kappa shape index (κ3) is 7.00. The van der Waals surface area contributed by atoms with Gasteiger partial charge in [0.05, 0.1) is 18.0 Å². The lowest BCUT2D eigenvalue weighted by atomic mass is 9.79. The molecular formula is C33H43N3O5. The minimum atomic E-state index is -0.234. The zero-order valence-corrected chi connectivity index (χ0v) is 24.6. The number of carbonyl (C=O) groups excluding carboxylic acids is 1. The number of fused-ring (bicyclic) bond motifs is 1. The molecule has 0 bridgehead atoms. The quantitative estimate of drug-likeness (QED) is 0.318. The Kier molecular flexibility index (Phi) is 9.75. The van der Waals surface area contributed by atoms with Crippen LogP contribution in [0.4, 0.5) is 0 Å². The Morgan fingerprint density at radius 3 is 2.56 bits per heavy atom. The number of aromatic nitrogens is 1. The van der Waals surface area contributed by atoms with Gasteiger partial charge >= 0.3 is 0 Å². The monoisotopic (exact) mass is 561 g/mol. The summed E-state index contributed by atoms with van der Waals surface area (Å²) >= 11 is 0. The van der Waals surface area contributed by atoms with Gasteiger partial charge in [-0.15, -0.1) is 0 Å². The smallest absolute Gasteiger partial charge is 0.251 e. The van der Waals surface area contributed by atoms with E-state index in [2.05, 4.69) is 34.5 Å². The number of para-hydroxylation sites is 1. The lowest BCUT2D eigenvalue weighted by Crippen LogP contribution is -2.47. The molecule has 5 rings (SSSR count). The summed E-state index contributed by atoms with van der Waals surface area (Å²) in [6.45, 7) is 3.67. The number of pyridine rings is 1. The fourth-order valence-electron chi connectivity index (χ4n) is 6.13. The van der Waals surface area contributed by atoms with Gasteiger partial charge in [-0.05, 0) is 79.5 Å². The first-order valence-electron chi connectivity index (χ1n) is 14.8. The van der Waals surface area contributed by atoms with Crippen molar-refractivity contribution in [2.24, 2.45) is 13.0 Å². The minimum absolute atomic E-state index is 0.0166. The van der Waals surface area contributed by atoms with Crippen LogP contribution in [-0.2, 0) is 34.3 Å². The molecule has 1 aliphatic heterocycles. The van der Waals surface area contributed by atoms with Gasteiger partial charge in [0.2, 0.25) is 5.91 Å². The zero-order valence-electron chi connectivity index (χ0n) is 24.6. The largest absolute Gasteiger partial charge is 0.491 e. The number of nitrogens with one attached hydrogen (secondary N) is 1. The highest BCUT2D eigenvalue weighted by Gasteiger charge is 2.40. The molecule has 1 N–H and O–H groups in total. The lowest BCUT2D eigenvalue weighted by molar-refractivity contribution is -0.138. The molecule has 1 saturated carbocycles. The molecule has 1 saturated heterocycles. The first-order chi connectivity index (χ1) is 20.0. The van der Waals surface area contributed by atoms with Crippen LogP contribution in [0, 0.1) is 5.92 Å². The average molecular weight is 562 g/mol. The Balaban J connectivity index is 1.43. The molecule has 41 heavy (non-hydrogen) atoms. The summed E-state index contributed by atoms with van der Waals surface area (Å²) < 4.78 is 18.1. The van der Waals surface area contributed by atoms with Gasteiger partial charge in [0, 0.05) is 58.5 Å². The summed E-state index contributed by atoms with van der Waals surface area (Å²) in [6, 6.07) is 16.4. The Labute approximate surface area is 242 Å². The molecule has 2 heterocycles. The average Bonchev–Trinajstić information content (AvgIpc) is 3.83. The number of rotatable bonds is 13. The van der Waals surface area contributed by atoms with Gasteiger partial charge in [-0.3, -0.25) is 9.59 Å². The van der Waals surface area contributed by atoms with Crippen LogP contribution in [0.2, 0.25) is 0 Å². The number of benzene rings is 2. The van der Waals surface area contributed by atoms with Crippen LogP contribution in [0.3, 0.4) is 0 Å². The van der Waals surface area contributed by atoms with Crippen molar-refractivity contribution in [2.75, 3.05) is 47.1 Å². The number of nitrogens with zero attached hydrogens (tertiary/aromatic N) is 2. The number of hydrogen-bond donors (Lipinski definition) is 1. The maximum atomic E-state index is 14.4. The maximum Gasteiger partial charge on any atom is 0.251 e. The van der Waals surface area contributed by atoms with Crippen molar-refractivity contribution in [1.29, 1.82) is 0 Å². The highest BCUT2D eigenvalue weighted by atomic mass is 16.5. The second-order valence-electron chi connectivity index (χ2n) is 11.3. The third-order valence-electron chi connectivity index (χ3n) is 8.40. The Hall–Kier alpha value is -3.20. The highest BCUT2D eigenvalue weighted by Crippen LogP contribution is 2.38. The summed E-state index contributed by atoms with van der Waals surface area (Å²) in [4.78, 5) is 29.4. The van der Waals surface area contributed by atoms with Gasteiger partial charge in [0.1, 0.15) is 12.4 Å². The van der Waals surface area contributed by atoms with E-state index in [1.54, 1.807) is 24.9 Å². The molecule has 0 spiro atoms. The van der Waals surface area contributed by atoms with Crippen LogP contribution in [0.1, 0.15) is 48.3 Å². The normalized spacial score (nSPS) is 18.9. The van der Waals surface area contributed by atoms with Crippen molar-refractivity contribution >= 4 is 16.8 Å².